The van der Waals surface area contributed by atoms with Gasteiger partial charge in [0.25, 0.3) is 0 Å². The number of aromatic amines is 2. The van der Waals surface area contributed by atoms with Gasteiger partial charge in [0, 0.05) is 43.8 Å². The third kappa shape index (κ3) is 4.48. The van der Waals surface area contributed by atoms with E-state index in [-0.39, 0.29) is 11.7 Å². The van der Waals surface area contributed by atoms with Gasteiger partial charge in [0.1, 0.15) is 22.6 Å². The summed E-state index contributed by atoms with van der Waals surface area (Å²) in [6.45, 7) is 0. The summed E-state index contributed by atoms with van der Waals surface area (Å²) in [5.41, 5.74) is 6.45. The molecule has 0 atom stereocenters. The van der Waals surface area contributed by atoms with Crippen LogP contribution in [0.25, 0.3) is 89.7 Å². The summed E-state index contributed by atoms with van der Waals surface area (Å²) in [5, 5.41) is 3.82. The van der Waals surface area contributed by atoms with Crippen LogP contribution in [0.5, 0.6) is 0 Å². The topological polar surface area (TPSA) is 109 Å². The Balaban J connectivity index is 0.000000892. The monoisotopic (exact) mass is 748 g/mol. The summed E-state index contributed by atoms with van der Waals surface area (Å²) in [6, 6.07) is 32.2. The van der Waals surface area contributed by atoms with Crippen LogP contribution in [-0.4, -0.2) is 51.6 Å². The van der Waals surface area contributed by atoms with Crippen LogP contribution in [0, 0.1) is 0 Å². The molecule has 8 bridgehead atoms. The second-order valence-corrected chi connectivity index (χ2v) is 24.0. The van der Waals surface area contributed by atoms with Crippen molar-refractivity contribution in [3.63, 3.8) is 0 Å². The van der Waals surface area contributed by atoms with Gasteiger partial charge in [-0.2, -0.15) is 0 Å². The summed E-state index contributed by atoms with van der Waals surface area (Å²) < 4.78 is 0. The van der Waals surface area contributed by atoms with E-state index in [0.717, 1.165) is 43.8 Å². The molecule has 0 saturated heterocycles. The molecule has 0 aliphatic carbocycles. The molecule has 9 rings (SSSR count). The molecule has 2 aliphatic rings. The normalized spacial score (nSPS) is 11.6. The Morgan fingerprint density at radius 2 is 0.605 bits per heavy atom. The van der Waals surface area contributed by atoms with Crippen LogP contribution >= 0.6 is 28.0 Å². The van der Waals surface area contributed by atoms with E-state index in [1.54, 1.807) is 0 Å². The van der Waals surface area contributed by atoms with Crippen LogP contribution in [-0.2, 0) is 0 Å². The van der Waals surface area contributed by atoms with Crippen molar-refractivity contribution in [2.45, 2.75) is 0 Å². The van der Waals surface area contributed by atoms with Gasteiger partial charge in [0.15, 0.2) is 23.3 Å². The smallest absolute Gasteiger partial charge is 0.164 e. The molecular formula is C32H20Br2GeN8. The van der Waals surface area contributed by atoms with Crippen molar-refractivity contribution in [3.8, 4) is 45.6 Å². The van der Waals surface area contributed by atoms with Crippen molar-refractivity contribution >= 4 is 83.9 Å². The first kappa shape index (κ1) is 26.4. The SMILES string of the molecule is [Br][GeH2][Br].c1ccc2c(c1)-c1nc-2nc2[nH]c(nc3nc(nc4[nH]c(n1)c1ccccc41)-c1ccccc1-3)c1ccccc21. The molecule has 8 nitrogen and oxygen atoms in total. The number of fused-ring (bicyclic) bond motifs is 20. The summed E-state index contributed by atoms with van der Waals surface area (Å²) in [7, 11) is 0. The van der Waals surface area contributed by atoms with E-state index in [1.807, 2.05) is 97.1 Å². The third-order valence-electron chi connectivity index (χ3n) is 7.46. The number of halogens is 2. The van der Waals surface area contributed by atoms with Crippen molar-refractivity contribution in [1.29, 1.82) is 0 Å². The van der Waals surface area contributed by atoms with Gasteiger partial charge in [0.05, 0.1) is 0 Å². The molecule has 206 valence electrons. The second-order valence-electron chi connectivity index (χ2n) is 9.89. The molecule has 0 amide bonds. The van der Waals surface area contributed by atoms with Crippen LogP contribution in [0.2, 0.25) is 0 Å². The number of rotatable bonds is 0. The standard InChI is InChI=1S/C32H18N8.Br2GeH2/c1-2-10-18-17(9-1)25-33-26(18)38-28-21-13-5-6-14-22(21)30(35-28)40-32-24-16-8-7-15-23(24)31(36-32)39-29-20-12-4-3-11-19(20)27(34-29)37-25;1-3-2/h1-16H,(H2,33,34,35,36,37,38,39,40);3H2. The van der Waals surface area contributed by atoms with Crippen LogP contribution in [0.1, 0.15) is 0 Å². The van der Waals surface area contributed by atoms with Crippen LogP contribution in [0.4, 0.5) is 0 Å². The minimum Gasteiger partial charge on any atom is -0.324 e. The van der Waals surface area contributed by atoms with Gasteiger partial charge in [-0.25, -0.2) is 29.9 Å². The Labute approximate surface area is 264 Å². The fraction of sp³-hybridized carbons (Fsp3) is 0. The Hall–Kier alpha value is -4.26. The molecule has 5 heterocycles. The predicted octanol–water partition coefficient (Wildman–Crippen LogP) is 7.64. The molecular weight excluding hydrogens is 729 g/mol. The van der Waals surface area contributed by atoms with E-state index in [0.29, 0.717) is 45.9 Å². The molecule has 0 unspecified atom stereocenters. The molecule has 4 aromatic carbocycles. The number of hydrogen-bond acceptors (Lipinski definition) is 6. The number of nitrogens with zero attached hydrogens (tertiary/aromatic N) is 6. The number of nitrogens with one attached hydrogen (secondary N) is 2. The van der Waals surface area contributed by atoms with Crippen LogP contribution < -0.4 is 0 Å². The quantitative estimate of drug-likeness (QED) is 0.154. The summed E-state index contributed by atoms with van der Waals surface area (Å²) >= 11 is 6.25. The van der Waals surface area contributed by atoms with Crippen molar-refractivity contribution in [1.82, 2.24) is 39.9 Å². The zero-order valence-corrected chi connectivity index (χ0v) is 28.5. The number of aromatic nitrogens is 8. The van der Waals surface area contributed by atoms with E-state index < -0.39 is 0 Å². The Morgan fingerprint density at radius 3 is 0.860 bits per heavy atom. The van der Waals surface area contributed by atoms with Gasteiger partial charge in [-0.05, 0) is 0 Å². The Kier molecular flexibility index (Phi) is 6.61. The molecule has 7 aromatic rings. The molecule has 3 aromatic heterocycles. The number of H-pyrrole nitrogens is 2. The van der Waals surface area contributed by atoms with E-state index in [4.69, 9.17) is 29.9 Å². The average Bonchev–Trinajstić information content (AvgIpc) is 3.77. The van der Waals surface area contributed by atoms with Crippen molar-refractivity contribution < 1.29 is 0 Å². The van der Waals surface area contributed by atoms with Crippen LogP contribution in [0.3, 0.4) is 0 Å². The zero-order chi connectivity index (χ0) is 28.9. The van der Waals surface area contributed by atoms with Crippen LogP contribution in [0.15, 0.2) is 97.1 Å². The molecule has 11 heteroatoms. The molecule has 0 spiro atoms. The van der Waals surface area contributed by atoms with Crippen molar-refractivity contribution in [2.75, 3.05) is 0 Å². The Morgan fingerprint density at radius 1 is 0.372 bits per heavy atom. The maximum absolute atomic E-state index is 5.02. The van der Waals surface area contributed by atoms with E-state index in [2.05, 4.69) is 38.0 Å². The second kappa shape index (κ2) is 10.8. The molecule has 2 N–H and O–H groups in total. The first-order valence-corrected chi connectivity index (χ1v) is 27.4. The van der Waals surface area contributed by atoms with Gasteiger partial charge in [0.2, 0.25) is 0 Å². The fourth-order valence-corrected chi connectivity index (χ4v) is 5.59. The van der Waals surface area contributed by atoms with Gasteiger partial charge < -0.3 is 9.97 Å². The largest absolute Gasteiger partial charge is 0.324 e. The minimum absolute atomic E-state index is 0.250. The molecule has 0 radical (unpaired) electrons. The predicted molar refractivity (Wildman–Crippen MR) is 182 cm³/mol. The summed E-state index contributed by atoms with van der Waals surface area (Å²) in [6.07, 6.45) is 0. The molecule has 0 saturated carbocycles. The molecule has 0 fully saturated rings. The minimum atomic E-state index is -0.250. The maximum atomic E-state index is 5.02. The zero-order valence-electron chi connectivity index (χ0n) is 22.4. The summed E-state index contributed by atoms with van der Waals surface area (Å²) in [4.78, 5) is 36.8. The Bertz CT molecular complexity index is 2060. The van der Waals surface area contributed by atoms with E-state index in [9.17, 15) is 0 Å². The number of hydrogen-bond donors (Lipinski definition) is 2. The third-order valence-corrected chi connectivity index (χ3v) is 7.46. The summed E-state index contributed by atoms with van der Waals surface area (Å²) in [5.74, 6) is 2.39. The van der Waals surface area contributed by atoms with Gasteiger partial charge >= 0.3 is 39.8 Å². The fourth-order valence-electron chi connectivity index (χ4n) is 5.59. The van der Waals surface area contributed by atoms with Crippen molar-refractivity contribution in [2.24, 2.45) is 0 Å². The maximum Gasteiger partial charge on any atom is 0.164 e. The first-order chi connectivity index (χ1) is 21.2. The first-order valence-electron chi connectivity index (χ1n) is 13.5. The van der Waals surface area contributed by atoms with E-state index >= 15 is 0 Å². The molecule has 43 heavy (non-hydrogen) atoms. The van der Waals surface area contributed by atoms with Crippen molar-refractivity contribution in [3.05, 3.63) is 97.1 Å². The molecule has 2 aliphatic heterocycles. The van der Waals surface area contributed by atoms with Gasteiger partial charge in [-0.15, -0.1) is 0 Å². The van der Waals surface area contributed by atoms with E-state index in [1.165, 1.54) is 0 Å². The number of benzene rings is 4. The average molecular weight is 749 g/mol. The van der Waals surface area contributed by atoms with Gasteiger partial charge in [-0.1, -0.05) is 97.1 Å². The van der Waals surface area contributed by atoms with Gasteiger partial charge in [-0.3, -0.25) is 0 Å².